The summed E-state index contributed by atoms with van der Waals surface area (Å²) in [5.74, 6) is -1.13. The van der Waals surface area contributed by atoms with E-state index >= 15 is 0 Å². The summed E-state index contributed by atoms with van der Waals surface area (Å²) in [6.07, 6.45) is 1.17. The highest BCUT2D eigenvalue weighted by atomic mass is 16.4. The fraction of sp³-hybridized carbons (Fsp3) is 0.917. The average molecular weight is 216 g/mol. The van der Waals surface area contributed by atoms with Gasteiger partial charge in [-0.15, -0.1) is 0 Å². The summed E-state index contributed by atoms with van der Waals surface area (Å²) >= 11 is 0. The quantitative estimate of drug-likeness (QED) is 0.742. The van der Waals surface area contributed by atoms with E-state index in [1.165, 1.54) is 0 Å². The molecule has 0 aromatic heterocycles. The van der Waals surface area contributed by atoms with Crippen LogP contribution in [-0.4, -0.2) is 22.8 Å². The fourth-order valence-corrected chi connectivity index (χ4v) is 1.72. The van der Waals surface area contributed by atoms with Crippen molar-refractivity contribution in [3.05, 3.63) is 0 Å². The van der Waals surface area contributed by atoms with Gasteiger partial charge in [-0.2, -0.15) is 0 Å². The van der Waals surface area contributed by atoms with Crippen LogP contribution in [0.25, 0.3) is 0 Å². The van der Waals surface area contributed by atoms with Gasteiger partial charge in [0, 0.05) is 6.61 Å². The summed E-state index contributed by atoms with van der Waals surface area (Å²) < 4.78 is 0. The highest BCUT2D eigenvalue weighted by molar-refractivity contribution is 5.70. The summed E-state index contributed by atoms with van der Waals surface area (Å²) in [7, 11) is 0. The first-order valence-corrected chi connectivity index (χ1v) is 5.41. The van der Waals surface area contributed by atoms with Crippen LogP contribution in [-0.2, 0) is 4.79 Å². The Morgan fingerprint density at radius 1 is 1.13 bits per heavy atom. The van der Waals surface area contributed by atoms with E-state index in [2.05, 4.69) is 0 Å². The SMILES string of the molecule is CC(C)(C)CC(CC(C)(C)CO)C(=O)O. The topological polar surface area (TPSA) is 57.5 Å². The van der Waals surface area contributed by atoms with E-state index in [-0.39, 0.29) is 23.4 Å². The maximum Gasteiger partial charge on any atom is 0.306 e. The Balaban J connectivity index is 4.50. The van der Waals surface area contributed by atoms with Crippen LogP contribution in [0, 0.1) is 16.7 Å². The number of carboxylic acids is 1. The molecule has 2 N–H and O–H groups in total. The van der Waals surface area contributed by atoms with E-state index in [4.69, 9.17) is 10.2 Å². The van der Waals surface area contributed by atoms with Crippen LogP contribution in [0.2, 0.25) is 0 Å². The molecule has 90 valence electrons. The molecular weight excluding hydrogens is 192 g/mol. The lowest BCUT2D eigenvalue weighted by Gasteiger charge is -2.29. The molecule has 0 saturated heterocycles. The maximum atomic E-state index is 11.1. The van der Waals surface area contributed by atoms with Gasteiger partial charge in [0.2, 0.25) is 0 Å². The molecule has 0 aliphatic carbocycles. The molecule has 3 nitrogen and oxygen atoms in total. The number of aliphatic hydroxyl groups excluding tert-OH is 1. The van der Waals surface area contributed by atoms with Crippen LogP contribution in [0.4, 0.5) is 0 Å². The molecule has 1 atom stereocenters. The zero-order valence-corrected chi connectivity index (χ0v) is 10.5. The lowest BCUT2D eigenvalue weighted by atomic mass is 9.76. The van der Waals surface area contributed by atoms with Crippen molar-refractivity contribution in [1.82, 2.24) is 0 Å². The minimum atomic E-state index is -0.758. The highest BCUT2D eigenvalue weighted by Gasteiger charge is 2.30. The molecular formula is C12H24O3. The molecule has 0 aromatic rings. The van der Waals surface area contributed by atoms with Gasteiger partial charge >= 0.3 is 5.97 Å². The van der Waals surface area contributed by atoms with Gasteiger partial charge in [0.1, 0.15) is 0 Å². The van der Waals surface area contributed by atoms with Crippen molar-refractivity contribution >= 4 is 5.97 Å². The standard InChI is InChI=1S/C12H24O3/c1-11(2,3)6-9(10(14)15)7-12(4,5)8-13/h9,13H,6-8H2,1-5H3,(H,14,15). The highest BCUT2D eigenvalue weighted by Crippen LogP contribution is 2.33. The average Bonchev–Trinajstić information content (AvgIpc) is 2.00. The van der Waals surface area contributed by atoms with Crippen LogP contribution >= 0.6 is 0 Å². The number of carbonyl (C=O) groups is 1. The second-order valence-corrected chi connectivity index (χ2v) is 6.33. The Morgan fingerprint density at radius 3 is 1.87 bits per heavy atom. The van der Waals surface area contributed by atoms with E-state index in [0.717, 1.165) is 0 Å². The fourth-order valence-electron chi connectivity index (χ4n) is 1.72. The van der Waals surface area contributed by atoms with Gasteiger partial charge in [-0.25, -0.2) is 0 Å². The minimum absolute atomic E-state index is 0.00852. The van der Waals surface area contributed by atoms with Crippen LogP contribution in [0.5, 0.6) is 0 Å². The molecule has 3 heteroatoms. The van der Waals surface area contributed by atoms with Crippen molar-refractivity contribution in [1.29, 1.82) is 0 Å². The molecule has 0 amide bonds. The lowest BCUT2D eigenvalue weighted by Crippen LogP contribution is -2.28. The molecule has 0 heterocycles. The van der Waals surface area contributed by atoms with E-state index < -0.39 is 5.97 Å². The van der Waals surface area contributed by atoms with Crippen LogP contribution < -0.4 is 0 Å². The molecule has 0 fully saturated rings. The summed E-state index contributed by atoms with van der Waals surface area (Å²) in [6, 6.07) is 0. The molecule has 0 bridgehead atoms. The van der Waals surface area contributed by atoms with Crippen molar-refractivity contribution < 1.29 is 15.0 Å². The summed E-state index contributed by atoms with van der Waals surface area (Å²) in [6.45, 7) is 9.93. The largest absolute Gasteiger partial charge is 0.481 e. The predicted octanol–water partition coefficient (Wildman–Crippen LogP) is 2.53. The Labute approximate surface area is 92.5 Å². The van der Waals surface area contributed by atoms with Gasteiger partial charge in [0.15, 0.2) is 0 Å². The Kier molecular flexibility index (Phi) is 4.78. The van der Waals surface area contributed by atoms with E-state index in [1.54, 1.807) is 0 Å². The zero-order chi connectivity index (χ0) is 12.3. The number of hydrogen-bond donors (Lipinski definition) is 2. The molecule has 1 unspecified atom stereocenters. The van der Waals surface area contributed by atoms with Gasteiger partial charge in [-0.1, -0.05) is 34.6 Å². The molecule has 0 spiro atoms. The predicted molar refractivity (Wildman–Crippen MR) is 60.7 cm³/mol. The maximum absolute atomic E-state index is 11.1. The second-order valence-electron chi connectivity index (χ2n) is 6.33. The molecule has 0 radical (unpaired) electrons. The zero-order valence-electron chi connectivity index (χ0n) is 10.5. The summed E-state index contributed by atoms with van der Waals surface area (Å²) in [5, 5.41) is 18.2. The minimum Gasteiger partial charge on any atom is -0.481 e. The Bertz CT molecular complexity index is 213. The first kappa shape index (κ1) is 14.4. The second kappa shape index (κ2) is 4.97. The molecule has 0 aromatic carbocycles. The van der Waals surface area contributed by atoms with Crippen LogP contribution in [0.3, 0.4) is 0 Å². The van der Waals surface area contributed by atoms with Crippen molar-refractivity contribution in [3.8, 4) is 0 Å². The lowest BCUT2D eigenvalue weighted by molar-refractivity contribution is -0.144. The molecule has 0 aliphatic rings. The smallest absolute Gasteiger partial charge is 0.306 e. The van der Waals surface area contributed by atoms with Gasteiger partial charge in [-0.05, 0) is 23.7 Å². The van der Waals surface area contributed by atoms with E-state index in [1.807, 2.05) is 34.6 Å². The van der Waals surface area contributed by atoms with Crippen LogP contribution in [0.15, 0.2) is 0 Å². The van der Waals surface area contributed by atoms with Crippen LogP contribution in [0.1, 0.15) is 47.5 Å². The van der Waals surface area contributed by atoms with Crippen molar-refractivity contribution in [2.75, 3.05) is 6.61 Å². The third-order valence-corrected chi connectivity index (χ3v) is 2.44. The molecule has 0 saturated carbocycles. The van der Waals surface area contributed by atoms with Crippen molar-refractivity contribution in [2.45, 2.75) is 47.5 Å². The van der Waals surface area contributed by atoms with Crippen molar-refractivity contribution in [3.63, 3.8) is 0 Å². The normalized spacial score (nSPS) is 15.1. The third-order valence-electron chi connectivity index (χ3n) is 2.44. The van der Waals surface area contributed by atoms with E-state index in [0.29, 0.717) is 12.8 Å². The third kappa shape index (κ3) is 6.50. The number of aliphatic carboxylic acids is 1. The number of hydrogen-bond acceptors (Lipinski definition) is 2. The van der Waals surface area contributed by atoms with Gasteiger partial charge in [0.05, 0.1) is 5.92 Å². The first-order chi connectivity index (χ1) is 6.57. The van der Waals surface area contributed by atoms with Gasteiger partial charge in [0.25, 0.3) is 0 Å². The van der Waals surface area contributed by atoms with Crippen molar-refractivity contribution in [2.24, 2.45) is 16.7 Å². The van der Waals surface area contributed by atoms with E-state index in [9.17, 15) is 4.79 Å². The first-order valence-electron chi connectivity index (χ1n) is 5.41. The van der Waals surface area contributed by atoms with Gasteiger partial charge in [-0.3, -0.25) is 4.79 Å². The van der Waals surface area contributed by atoms with Gasteiger partial charge < -0.3 is 10.2 Å². The summed E-state index contributed by atoms with van der Waals surface area (Å²) in [4.78, 5) is 11.1. The Hall–Kier alpha value is -0.570. The molecule has 0 rings (SSSR count). The Morgan fingerprint density at radius 2 is 1.60 bits per heavy atom. The monoisotopic (exact) mass is 216 g/mol. The number of carboxylic acid groups (broad SMARTS) is 1. The molecule has 15 heavy (non-hydrogen) atoms. The summed E-state index contributed by atoms with van der Waals surface area (Å²) in [5.41, 5.74) is -0.303. The number of aliphatic hydroxyl groups is 1. The molecule has 0 aliphatic heterocycles. The number of rotatable bonds is 5.